The number of carbonyl (C=O) groups is 1. The van der Waals surface area contributed by atoms with E-state index in [1.165, 1.54) is 11.3 Å². The highest BCUT2D eigenvalue weighted by Gasteiger charge is 2.34. The number of hydrogen-bond acceptors (Lipinski definition) is 6. The number of carboxylic acids is 1. The molecule has 1 aromatic carbocycles. The molecule has 1 unspecified atom stereocenters. The van der Waals surface area contributed by atoms with Crippen molar-refractivity contribution >= 4 is 27.3 Å². The van der Waals surface area contributed by atoms with Crippen molar-refractivity contribution in [1.29, 1.82) is 0 Å². The van der Waals surface area contributed by atoms with Gasteiger partial charge in [-0.05, 0) is 60.9 Å². The lowest BCUT2D eigenvalue weighted by molar-refractivity contribution is -0.134. The number of aryl methyl sites for hydroxylation is 2. The Bertz CT molecular complexity index is 1080. The summed E-state index contributed by atoms with van der Waals surface area (Å²) in [5, 5.41) is 23.1. The Balaban J connectivity index is 0.00000133. The zero-order valence-electron chi connectivity index (χ0n) is 21.4. The van der Waals surface area contributed by atoms with E-state index in [4.69, 9.17) is 19.8 Å². The summed E-state index contributed by atoms with van der Waals surface area (Å²) < 4.78 is 30.0. The van der Waals surface area contributed by atoms with Gasteiger partial charge in [0.15, 0.2) is 0 Å². The van der Waals surface area contributed by atoms with E-state index in [1.54, 1.807) is 6.92 Å². The molecule has 34 heavy (non-hydrogen) atoms. The van der Waals surface area contributed by atoms with Gasteiger partial charge in [-0.15, -0.1) is 11.3 Å². The Morgan fingerprint density at radius 2 is 1.65 bits per heavy atom. The summed E-state index contributed by atoms with van der Waals surface area (Å²) in [7, 11) is -3.74. The first-order chi connectivity index (χ1) is 15.5. The summed E-state index contributed by atoms with van der Waals surface area (Å²) in [4.78, 5) is 10.0. The molecule has 0 aliphatic rings. The van der Waals surface area contributed by atoms with Gasteiger partial charge in [-0.2, -0.15) is 0 Å². The number of benzene rings is 1. The molecule has 9 heteroatoms. The maximum Gasteiger partial charge on any atom is 0.300 e. The first-order valence-electron chi connectivity index (χ1n) is 11.2. The van der Waals surface area contributed by atoms with Crippen molar-refractivity contribution in [3.8, 4) is 5.75 Å². The Kier molecular flexibility index (Phi) is 10.3. The van der Waals surface area contributed by atoms with Crippen molar-refractivity contribution in [2.24, 2.45) is 10.6 Å². The average molecular weight is 514 g/mol. The van der Waals surface area contributed by atoms with E-state index < -0.39 is 22.1 Å². The number of sulfonamides is 1. The lowest BCUT2D eigenvalue weighted by Crippen LogP contribution is -2.32. The Hall–Kier alpha value is -1.94. The van der Waals surface area contributed by atoms with Crippen LogP contribution in [0.25, 0.3) is 0 Å². The molecule has 0 bridgehead atoms. The second-order valence-corrected chi connectivity index (χ2v) is 12.4. The molecule has 1 atom stereocenters. The minimum absolute atomic E-state index is 0.233. The molecule has 192 valence electrons. The second kappa shape index (κ2) is 11.7. The van der Waals surface area contributed by atoms with Crippen molar-refractivity contribution in [2.75, 3.05) is 6.61 Å². The van der Waals surface area contributed by atoms with Crippen LogP contribution in [0.5, 0.6) is 5.75 Å². The van der Waals surface area contributed by atoms with Crippen LogP contribution >= 0.6 is 11.3 Å². The van der Waals surface area contributed by atoms with Gasteiger partial charge in [-0.3, -0.25) is 4.79 Å². The minimum atomic E-state index is -3.74. The number of nitrogens with two attached hydrogens (primary N) is 1. The van der Waals surface area contributed by atoms with Gasteiger partial charge >= 0.3 is 0 Å². The molecule has 2 aromatic rings. The molecule has 0 radical (unpaired) electrons. The maximum atomic E-state index is 12.0. The summed E-state index contributed by atoms with van der Waals surface area (Å²) in [6.45, 7) is 15.3. The molecule has 0 saturated carbocycles. The molecule has 0 aliphatic carbocycles. The van der Waals surface area contributed by atoms with Crippen molar-refractivity contribution in [3.63, 3.8) is 0 Å². The van der Waals surface area contributed by atoms with E-state index in [9.17, 15) is 13.5 Å². The van der Waals surface area contributed by atoms with Crippen LogP contribution in [-0.2, 0) is 20.2 Å². The Morgan fingerprint density at radius 3 is 2.03 bits per heavy atom. The molecule has 1 heterocycles. The van der Waals surface area contributed by atoms with Gasteiger partial charge in [0.1, 0.15) is 16.6 Å². The molecule has 1 aromatic heterocycles. The van der Waals surface area contributed by atoms with E-state index in [1.807, 2.05) is 45.9 Å². The van der Waals surface area contributed by atoms with Crippen molar-refractivity contribution < 1.29 is 28.2 Å². The lowest BCUT2D eigenvalue weighted by Gasteiger charge is -2.32. The fraction of sp³-hybridized carbons (Fsp3) is 0.560. The van der Waals surface area contributed by atoms with Crippen LogP contribution in [0, 0.1) is 19.3 Å². The Morgan fingerprint density at radius 1 is 1.12 bits per heavy atom. The van der Waals surface area contributed by atoms with Crippen LogP contribution in [0.3, 0.4) is 0 Å². The van der Waals surface area contributed by atoms with Crippen molar-refractivity contribution in [2.45, 2.75) is 84.0 Å². The standard InChI is InChI=1S/C23H35NO4S2.C2H4O2/c1-8-23(9-2,20-13-16(4)21(29-20)30(24,26)27)17-10-11-18(15(3)12-17)28-14-19(25)22(5,6)7;1-2(3)4/h10-13,19,25H,8-9,14H2,1-7H3,(H2,24,26,27);1H3,(H,3,4). The Labute approximate surface area is 208 Å². The maximum absolute atomic E-state index is 12.0. The molecule has 0 spiro atoms. The third kappa shape index (κ3) is 7.53. The largest absolute Gasteiger partial charge is 0.491 e. The normalized spacial score (nSPS) is 13.1. The van der Waals surface area contributed by atoms with Crippen molar-refractivity contribution in [1.82, 2.24) is 0 Å². The molecular weight excluding hydrogens is 474 g/mol. The average Bonchev–Trinajstić information content (AvgIpc) is 3.10. The number of aliphatic carboxylic acids is 1. The third-order valence-electron chi connectivity index (χ3n) is 5.93. The van der Waals surface area contributed by atoms with Crippen LogP contribution in [0.1, 0.15) is 76.0 Å². The smallest absolute Gasteiger partial charge is 0.300 e. The number of aliphatic hydroxyl groups is 1. The monoisotopic (exact) mass is 513 g/mol. The molecule has 0 fully saturated rings. The quantitative estimate of drug-likeness (QED) is 0.456. The summed E-state index contributed by atoms with van der Waals surface area (Å²) in [5.41, 5.74) is 2.25. The number of aliphatic hydroxyl groups excluding tert-OH is 1. The van der Waals surface area contributed by atoms with Gasteiger partial charge in [0.05, 0.1) is 6.10 Å². The number of primary sulfonamides is 1. The fourth-order valence-corrected chi connectivity index (χ4v) is 6.16. The van der Waals surface area contributed by atoms with E-state index >= 15 is 0 Å². The van der Waals surface area contributed by atoms with Crippen LogP contribution < -0.4 is 9.88 Å². The number of rotatable bonds is 8. The van der Waals surface area contributed by atoms with Crippen LogP contribution in [0.2, 0.25) is 0 Å². The molecular formula is C25H39NO6S2. The molecule has 4 N–H and O–H groups in total. The lowest BCUT2D eigenvalue weighted by atomic mass is 9.74. The summed E-state index contributed by atoms with van der Waals surface area (Å²) in [6.07, 6.45) is 1.10. The SMILES string of the molecule is CC(=O)O.CCC(CC)(c1ccc(OCC(O)C(C)(C)C)c(C)c1)c1cc(C)c(S(N)(=O)=O)s1. The van der Waals surface area contributed by atoms with Crippen molar-refractivity contribution in [3.05, 3.63) is 45.8 Å². The summed E-state index contributed by atoms with van der Waals surface area (Å²) >= 11 is 1.27. The highest BCUT2D eigenvalue weighted by molar-refractivity contribution is 7.91. The zero-order valence-corrected chi connectivity index (χ0v) is 23.1. The predicted octanol–water partition coefficient (Wildman–Crippen LogP) is 5.00. The van der Waals surface area contributed by atoms with E-state index in [0.29, 0.717) is 5.56 Å². The van der Waals surface area contributed by atoms with Gasteiger partial charge in [0.25, 0.3) is 5.97 Å². The molecule has 0 aliphatic heterocycles. The van der Waals surface area contributed by atoms with Crippen LogP contribution in [-0.4, -0.2) is 37.3 Å². The summed E-state index contributed by atoms with van der Waals surface area (Å²) in [6, 6.07) is 8.06. The molecule has 0 amide bonds. The van der Waals surface area contributed by atoms with E-state index in [0.717, 1.165) is 41.5 Å². The molecule has 2 rings (SSSR count). The second-order valence-electron chi connectivity index (χ2n) is 9.61. The fourth-order valence-electron chi connectivity index (χ4n) is 3.66. The van der Waals surface area contributed by atoms with Gasteiger partial charge in [0.2, 0.25) is 10.0 Å². The van der Waals surface area contributed by atoms with Crippen LogP contribution in [0.15, 0.2) is 28.5 Å². The zero-order chi connectivity index (χ0) is 26.5. The molecule has 7 nitrogen and oxygen atoms in total. The van der Waals surface area contributed by atoms with Gasteiger partial charge in [-0.1, -0.05) is 46.8 Å². The number of carboxylic acid groups (broad SMARTS) is 1. The third-order valence-corrected chi connectivity index (χ3v) is 8.95. The summed E-state index contributed by atoms with van der Waals surface area (Å²) in [5.74, 6) is -0.0873. The van der Waals surface area contributed by atoms with Gasteiger partial charge in [-0.25, -0.2) is 13.6 Å². The van der Waals surface area contributed by atoms with Gasteiger partial charge in [0, 0.05) is 17.2 Å². The number of thiophene rings is 1. The predicted molar refractivity (Wildman–Crippen MR) is 137 cm³/mol. The first kappa shape index (κ1) is 30.1. The highest BCUT2D eigenvalue weighted by Crippen LogP contribution is 2.45. The number of hydrogen-bond donors (Lipinski definition) is 3. The van der Waals surface area contributed by atoms with Crippen LogP contribution in [0.4, 0.5) is 0 Å². The number of ether oxygens (including phenoxy) is 1. The topological polar surface area (TPSA) is 127 Å². The minimum Gasteiger partial charge on any atom is -0.491 e. The molecule has 0 saturated heterocycles. The highest BCUT2D eigenvalue weighted by atomic mass is 32.2. The first-order valence-corrected chi connectivity index (χ1v) is 13.6. The van der Waals surface area contributed by atoms with E-state index in [2.05, 4.69) is 19.9 Å². The van der Waals surface area contributed by atoms with Gasteiger partial charge < -0.3 is 14.9 Å². The van der Waals surface area contributed by atoms with E-state index in [-0.39, 0.29) is 21.6 Å².